The van der Waals surface area contributed by atoms with Gasteiger partial charge >= 0.3 is 6.03 Å². The molecule has 1 aromatic heterocycles. The van der Waals surface area contributed by atoms with Crippen molar-refractivity contribution in [2.24, 2.45) is 7.05 Å². The molecule has 2 N–H and O–H groups in total. The van der Waals surface area contributed by atoms with E-state index in [1.165, 1.54) is 11.1 Å². The van der Waals surface area contributed by atoms with Gasteiger partial charge in [-0.15, -0.1) is 0 Å². The van der Waals surface area contributed by atoms with E-state index in [0.717, 1.165) is 16.8 Å². The first-order valence-corrected chi connectivity index (χ1v) is 7.92. The smallest absolute Gasteiger partial charge is 0.315 e. The number of urea groups is 1. The highest BCUT2D eigenvalue weighted by Gasteiger charge is 2.16. The summed E-state index contributed by atoms with van der Waals surface area (Å²) in [7, 11) is 1.88. The summed E-state index contributed by atoms with van der Waals surface area (Å²) in [5.74, 6) is 0. The molecular formula is C18H26N4O. The van der Waals surface area contributed by atoms with Crippen molar-refractivity contribution in [2.45, 2.75) is 46.7 Å². The number of nitrogens with one attached hydrogen (secondary N) is 2. The highest BCUT2D eigenvalue weighted by molar-refractivity contribution is 5.75. The van der Waals surface area contributed by atoms with Gasteiger partial charge < -0.3 is 10.6 Å². The zero-order valence-electron chi connectivity index (χ0n) is 14.8. The van der Waals surface area contributed by atoms with Gasteiger partial charge in [-0.3, -0.25) is 4.68 Å². The zero-order chi connectivity index (χ0) is 17.1. The molecule has 2 atom stereocenters. The number of aromatic nitrogens is 2. The number of benzene rings is 1. The molecule has 23 heavy (non-hydrogen) atoms. The van der Waals surface area contributed by atoms with Crippen LogP contribution in [0.2, 0.25) is 0 Å². The minimum Gasteiger partial charge on any atom is -0.332 e. The fourth-order valence-electron chi connectivity index (χ4n) is 2.86. The number of aryl methyl sites for hydroxylation is 4. The lowest BCUT2D eigenvalue weighted by Gasteiger charge is -2.20. The van der Waals surface area contributed by atoms with Crippen molar-refractivity contribution >= 4 is 6.03 Å². The molecule has 0 saturated carbocycles. The highest BCUT2D eigenvalue weighted by atomic mass is 16.2. The molecule has 0 spiro atoms. The lowest BCUT2D eigenvalue weighted by Crippen LogP contribution is -2.38. The maximum absolute atomic E-state index is 12.3. The number of hydrogen-bond acceptors (Lipinski definition) is 2. The predicted octanol–water partition coefficient (Wildman–Crippen LogP) is 3.47. The van der Waals surface area contributed by atoms with Crippen LogP contribution in [-0.2, 0) is 7.05 Å². The van der Waals surface area contributed by atoms with Crippen LogP contribution in [0.5, 0.6) is 0 Å². The number of hydrogen-bond donors (Lipinski definition) is 2. The molecule has 0 saturated heterocycles. The molecule has 0 aliphatic carbocycles. The summed E-state index contributed by atoms with van der Waals surface area (Å²) in [5, 5.41) is 10.3. The molecule has 1 heterocycles. The first kappa shape index (κ1) is 17.1. The van der Waals surface area contributed by atoms with Gasteiger partial charge in [0, 0.05) is 18.8 Å². The maximum atomic E-state index is 12.3. The van der Waals surface area contributed by atoms with Gasteiger partial charge in [-0.2, -0.15) is 5.10 Å². The van der Waals surface area contributed by atoms with Crippen LogP contribution >= 0.6 is 0 Å². The van der Waals surface area contributed by atoms with Crippen LogP contribution in [0.1, 0.15) is 53.9 Å². The largest absolute Gasteiger partial charge is 0.332 e. The molecule has 2 rings (SSSR count). The Hall–Kier alpha value is -2.30. The summed E-state index contributed by atoms with van der Waals surface area (Å²) < 4.78 is 1.76. The van der Waals surface area contributed by atoms with Crippen LogP contribution in [0.25, 0.3) is 0 Å². The Labute approximate surface area is 138 Å². The lowest BCUT2D eigenvalue weighted by atomic mass is 10.0. The summed E-state index contributed by atoms with van der Waals surface area (Å²) in [6.45, 7) is 10.0. The quantitative estimate of drug-likeness (QED) is 0.908. The lowest BCUT2D eigenvalue weighted by molar-refractivity contribution is 0.235. The summed E-state index contributed by atoms with van der Waals surface area (Å²) in [6.07, 6.45) is 1.94. The van der Waals surface area contributed by atoms with Gasteiger partial charge in [0.1, 0.15) is 0 Å². The highest BCUT2D eigenvalue weighted by Crippen LogP contribution is 2.19. The summed E-state index contributed by atoms with van der Waals surface area (Å²) in [6, 6.07) is 5.98. The second-order valence-corrected chi connectivity index (χ2v) is 6.26. The molecule has 0 aliphatic heterocycles. The van der Waals surface area contributed by atoms with E-state index in [-0.39, 0.29) is 18.1 Å². The second kappa shape index (κ2) is 6.86. The van der Waals surface area contributed by atoms with E-state index < -0.39 is 0 Å². The molecule has 5 heteroatoms. The van der Waals surface area contributed by atoms with E-state index >= 15 is 0 Å². The van der Waals surface area contributed by atoms with E-state index in [1.54, 1.807) is 4.68 Å². The number of amides is 2. The van der Waals surface area contributed by atoms with Gasteiger partial charge in [-0.25, -0.2) is 4.79 Å². The minimum atomic E-state index is -0.172. The third-order valence-electron chi connectivity index (χ3n) is 4.11. The van der Waals surface area contributed by atoms with Crippen molar-refractivity contribution in [3.63, 3.8) is 0 Å². The van der Waals surface area contributed by atoms with Crippen molar-refractivity contribution in [3.05, 3.63) is 52.3 Å². The van der Waals surface area contributed by atoms with Crippen LogP contribution in [0.3, 0.4) is 0 Å². The van der Waals surface area contributed by atoms with E-state index in [1.807, 2.05) is 34.0 Å². The molecule has 0 bridgehead atoms. The molecule has 5 nitrogen and oxygen atoms in total. The topological polar surface area (TPSA) is 59.0 Å². The number of rotatable bonds is 4. The van der Waals surface area contributed by atoms with Crippen LogP contribution in [0.4, 0.5) is 4.79 Å². The zero-order valence-corrected chi connectivity index (χ0v) is 14.8. The maximum Gasteiger partial charge on any atom is 0.315 e. The van der Waals surface area contributed by atoms with Gasteiger partial charge in [0.25, 0.3) is 0 Å². The first-order chi connectivity index (χ1) is 10.8. The molecule has 2 amide bonds. The van der Waals surface area contributed by atoms with E-state index in [9.17, 15) is 4.79 Å². The Balaban J connectivity index is 2.01. The molecule has 0 radical (unpaired) electrons. The SMILES string of the molecule is Cc1ccc(C)c([C@@H](C)NC(=O)N[C@H](C)c2cn(C)nc2C)c1. The summed E-state index contributed by atoms with van der Waals surface area (Å²) >= 11 is 0. The van der Waals surface area contributed by atoms with Gasteiger partial charge in [-0.1, -0.05) is 23.8 Å². The van der Waals surface area contributed by atoms with Crippen LogP contribution < -0.4 is 10.6 Å². The monoisotopic (exact) mass is 314 g/mol. The molecule has 2 aromatic rings. The van der Waals surface area contributed by atoms with Crippen molar-refractivity contribution in [2.75, 3.05) is 0 Å². The third-order valence-corrected chi connectivity index (χ3v) is 4.11. The van der Waals surface area contributed by atoms with Gasteiger partial charge in [-0.05, 0) is 45.7 Å². The molecule has 0 fully saturated rings. The molecule has 0 unspecified atom stereocenters. The van der Waals surface area contributed by atoms with E-state index in [0.29, 0.717) is 0 Å². The van der Waals surface area contributed by atoms with Crippen LogP contribution in [0.15, 0.2) is 24.4 Å². The molecule has 124 valence electrons. The third kappa shape index (κ3) is 4.12. The van der Waals surface area contributed by atoms with Crippen LogP contribution in [-0.4, -0.2) is 15.8 Å². The van der Waals surface area contributed by atoms with Gasteiger partial charge in [0.15, 0.2) is 0 Å². The number of carbonyl (C=O) groups excluding carboxylic acids is 1. The normalized spacial score (nSPS) is 13.5. The van der Waals surface area contributed by atoms with Crippen LogP contribution in [0, 0.1) is 20.8 Å². The Bertz CT molecular complexity index is 705. The Morgan fingerprint density at radius 2 is 1.70 bits per heavy atom. The van der Waals surface area contributed by atoms with Gasteiger partial charge in [0.2, 0.25) is 0 Å². The Morgan fingerprint density at radius 1 is 1.09 bits per heavy atom. The second-order valence-electron chi connectivity index (χ2n) is 6.26. The Kier molecular flexibility index (Phi) is 5.08. The van der Waals surface area contributed by atoms with Crippen molar-refractivity contribution in [1.82, 2.24) is 20.4 Å². The van der Waals surface area contributed by atoms with E-state index in [2.05, 4.69) is 47.8 Å². The summed E-state index contributed by atoms with van der Waals surface area (Å²) in [5.41, 5.74) is 5.48. The molecule has 1 aromatic carbocycles. The Morgan fingerprint density at radius 3 is 2.26 bits per heavy atom. The van der Waals surface area contributed by atoms with Crippen molar-refractivity contribution in [1.29, 1.82) is 0 Å². The predicted molar refractivity (Wildman–Crippen MR) is 92.4 cm³/mol. The molecular weight excluding hydrogens is 288 g/mol. The standard InChI is InChI=1S/C18H26N4O/c1-11-7-8-12(2)16(9-11)13(3)19-18(23)20-14(4)17-10-22(6)21-15(17)5/h7-10,13-14H,1-6H3,(H2,19,20,23)/t13-,14-/m1/s1. The minimum absolute atomic E-state index is 0.0444. The van der Waals surface area contributed by atoms with E-state index in [4.69, 9.17) is 0 Å². The first-order valence-electron chi connectivity index (χ1n) is 7.92. The average molecular weight is 314 g/mol. The summed E-state index contributed by atoms with van der Waals surface area (Å²) in [4.78, 5) is 12.3. The fraction of sp³-hybridized carbons (Fsp3) is 0.444. The average Bonchev–Trinajstić information content (AvgIpc) is 2.80. The van der Waals surface area contributed by atoms with Crippen molar-refractivity contribution < 1.29 is 4.79 Å². The molecule has 0 aliphatic rings. The number of carbonyl (C=O) groups is 1. The fourth-order valence-corrected chi connectivity index (χ4v) is 2.86. The van der Waals surface area contributed by atoms with Crippen molar-refractivity contribution in [3.8, 4) is 0 Å². The van der Waals surface area contributed by atoms with Gasteiger partial charge in [0.05, 0.1) is 17.8 Å². The number of nitrogens with zero attached hydrogens (tertiary/aromatic N) is 2.